The van der Waals surface area contributed by atoms with Crippen LogP contribution in [0.15, 0.2) is 72.8 Å². The first kappa shape index (κ1) is 27.5. The first-order chi connectivity index (χ1) is 20.3. The number of halogens is 1. The summed E-state index contributed by atoms with van der Waals surface area (Å²) in [6.45, 7) is 2.82. The van der Waals surface area contributed by atoms with Gasteiger partial charge in [-0.05, 0) is 79.4 Å². The van der Waals surface area contributed by atoms with Crippen LogP contribution in [0.1, 0.15) is 55.5 Å². The van der Waals surface area contributed by atoms with Crippen LogP contribution in [0.4, 0.5) is 0 Å². The van der Waals surface area contributed by atoms with Crippen LogP contribution in [-0.2, 0) is 23.2 Å². The largest absolute Gasteiger partial charge is 0.508 e. The zero-order valence-corrected chi connectivity index (χ0v) is 23.5. The van der Waals surface area contributed by atoms with E-state index in [1.165, 1.54) is 24.3 Å². The zero-order valence-electron chi connectivity index (χ0n) is 22.8. The number of fused-ring (bicyclic) bond motifs is 6. The summed E-state index contributed by atoms with van der Waals surface area (Å²) in [6, 6.07) is 19.9. The highest BCUT2D eigenvalue weighted by Gasteiger charge is 2.53. The molecule has 4 aromatic carbocycles. The Morgan fingerprint density at radius 2 is 1.62 bits per heavy atom. The fourth-order valence-corrected chi connectivity index (χ4v) is 5.83. The van der Waals surface area contributed by atoms with Crippen molar-refractivity contribution in [1.29, 1.82) is 0 Å². The molecular weight excluding hydrogens is 558 g/mol. The number of alkyl halides is 1. The molecule has 3 N–H and O–H groups in total. The van der Waals surface area contributed by atoms with E-state index in [-0.39, 0.29) is 28.9 Å². The Hall–Kier alpha value is -4.69. The summed E-state index contributed by atoms with van der Waals surface area (Å²) in [7, 11) is 0. The van der Waals surface area contributed by atoms with Gasteiger partial charge in [0.2, 0.25) is 0 Å². The quantitative estimate of drug-likeness (QED) is 0.176. The molecule has 2 aliphatic rings. The molecule has 0 aromatic heterocycles. The van der Waals surface area contributed by atoms with E-state index in [1.54, 1.807) is 30.3 Å². The average molecular weight is 586 g/mol. The number of hydrogen-bond donors (Lipinski definition) is 3. The molecule has 0 unspecified atom stereocenters. The van der Waals surface area contributed by atoms with E-state index in [0.717, 1.165) is 23.3 Å². The number of amides is 1. The maximum atomic E-state index is 13.3. The highest BCUT2D eigenvalue weighted by atomic mass is 35.5. The predicted octanol–water partition coefficient (Wildman–Crippen LogP) is 5.82. The number of phenolic OH excluding ortho intramolecular Hbond substituents is 2. The van der Waals surface area contributed by atoms with Crippen molar-refractivity contribution in [3.8, 4) is 28.7 Å². The van der Waals surface area contributed by atoms with Crippen LogP contribution in [0.2, 0.25) is 0 Å². The van der Waals surface area contributed by atoms with Crippen molar-refractivity contribution in [2.45, 2.75) is 25.4 Å². The molecule has 0 aliphatic carbocycles. The second-order valence-corrected chi connectivity index (χ2v) is 10.5. The summed E-state index contributed by atoms with van der Waals surface area (Å²) in [4.78, 5) is 26.5. The minimum Gasteiger partial charge on any atom is -0.508 e. The molecular formula is C33H28ClNO7. The minimum atomic E-state index is -1.44. The molecule has 1 amide bonds. The van der Waals surface area contributed by atoms with E-state index in [4.69, 9.17) is 25.8 Å². The molecule has 8 nitrogen and oxygen atoms in total. The van der Waals surface area contributed by atoms with Gasteiger partial charge in [0.25, 0.3) is 5.91 Å². The third-order valence-corrected chi connectivity index (χ3v) is 7.72. The van der Waals surface area contributed by atoms with Crippen LogP contribution in [0.3, 0.4) is 0 Å². The highest BCUT2D eigenvalue weighted by Crippen LogP contribution is 2.57. The Kier molecular flexibility index (Phi) is 7.16. The summed E-state index contributed by atoms with van der Waals surface area (Å²) >= 11 is 5.89. The fourth-order valence-electron chi connectivity index (χ4n) is 5.61. The van der Waals surface area contributed by atoms with E-state index >= 15 is 0 Å². The summed E-state index contributed by atoms with van der Waals surface area (Å²) in [5.41, 5.74) is 2.73. The predicted molar refractivity (Wildman–Crippen MR) is 156 cm³/mol. The number of aryl methyl sites for hydroxylation is 1. The molecule has 0 fully saturated rings. The molecule has 2 aliphatic heterocycles. The molecule has 0 radical (unpaired) electrons. The summed E-state index contributed by atoms with van der Waals surface area (Å²) in [6.07, 6.45) is 1.30. The van der Waals surface area contributed by atoms with Crippen LogP contribution in [0.5, 0.6) is 28.7 Å². The second kappa shape index (κ2) is 10.9. The van der Waals surface area contributed by atoms with Gasteiger partial charge in [-0.15, -0.1) is 11.6 Å². The Morgan fingerprint density at radius 3 is 2.29 bits per heavy atom. The summed E-state index contributed by atoms with van der Waals surface area (Å²) in [5, 5.41) is 23.2. The van der Waals surface area contributed by atoms with E-state index in [2.05, 4.69) is 5.32 Å². The first-order valence-corrected chi connectivity index (χ1v) is 14.2. The van der Waals surface area contributed by atoms with Crippen molar-refractivity contribution in [1.82, 2.24) is 5.32 Å². The van der Waals surface area contributed by atoms with Gasteiger partial charge in [-0.3, -0.25) is 4.79 Å². The molecule has 4 aromatic rings. The van der Waals surface area contributed by atoms with Gasteiger partial charge in [0, 0.05) is 46.8 Å². The monoisotopic (exact) mass is 585 g/mol. The normalized spacial score (nSPS) is 13.9. The van der Waals surface area contributed by atoms with Gasteiger partial charge in [-0.1, -0.05) is 12.1 Å². The molecule has 9 heteroatoms. The van der Waals surface area contributed by atoms with Gasteiger partial charge in [-0.2, -0.15) is 0 Å². The summed E-state index contributed by atoms with van der Waals surface area (Å²) in [5.74, 6) is 0.896. The van der Waals surface area contributed by atoms with Crippen LogP contribution < -0.4 is 14.8 Å². The average Bonchev–Trinajstić information content (AvgIpc) is 3.26. The van der Waals surface area contributed by atoms with E-state index < -0.39 is 11.6 Å². The van der Waals surface area contributed by atoms with Gasteiger partial charge in [0.05, 0.1) is 12.2 Å². The SMILES string of the molecule is CCOc1cc(CCCl)ccc1CCNC(=O)c1ccc2c(c1)C1(OC2=O)c2ccc(O)cc2Oc2cc(O)ccc21. The number of nitrogens with one attached hydrogen (secondary N) is 1. The zero-order chi connectivity index (χ0) is 29.4. The Balaban J connectivity index is 1.31. The number of ether oxygens (including phenoxy) is 3. The summed E-state index contributed by atoms with van der Waals surface area (Å²) < 4.78 is 17.9. The lowest BCUT2D eigenvalue weighted by Crippen LogP contribution is -2.33. The second-order valence-electron chi connectivity index (χ2n) is 10.1. The van der Waals surface area contributed by atoms with Crippen LogP contribution in [0, 0.1) is 0 Å². The van der Waals surface area contributed by atoms with Gasteiger partial charge in [0.1, 0.15) is 28.7 Å². The number of benzene rings is 4. The number of hydrogen-bond acceptors (Lipinski definition) is 7. The Bertz CT molecular complexity index is 1670. The molecule has 42 heavy (non-hydrogen) atoms. The molecule has 0 bridgehead atoms. The smallest absolute Gasteiger partial charge is 0.340 e. The lowest BCUT2D eigenvalue weighted by atomic mass is 9.77. The molecule has 0 saturated heterocycles. The number of rotatable bonds is 8. The number of carbonyl (C=O) groups is 2. The third kappa shape index (κ3) is 4.67. The van der Waals surface area contributed by atoms with Gasteiger partial charge in [0.15, 0.2) is 5.60 Å². The lowest BCUT2D eigenvalue weighted by molar-refractivity contribution is 0.0224. The maximum absolute atomic E-state index is 13.3. The van der Waals surface area contributed by atoms with Crippen molar-refractivity contribution in [2.24, 2.45) is 0 Å². The molecule has 214 valence electrons. The lowest BCUT2D eigenvalue weighted by Gasteiger charge is -2.36. The van der Waals surface area contributed by atoms with Gasteiger partial charge in [-0.25, -0.2) is 4.79 Å². The fraction of sp³-hybridized carbons (Fsp3) is 0.212. The van der Waals surface area contributed by atoms with E-state index in [9.17, 15) is 19.8 Å². The van der Waals surface area contributed by atoms with Crippen molar-refractivity contribution in [2.75, 3.05) is 19.0 Å². The molecule has 0 saturated carbocycles. The number of aromatic hydroxyl groups is 2. The maximum Gasteiger partial charge on any atom is 0.340 e. The van der Waals surface area contributed by atoms with Crippen LogP contribution in [-0.4, -0.2) is 41.1 Å². The minimum absolute atomic E-state index is 0.0358. The van der Waals surface area contributed by atoms with E-state index in [1.807, 2.05) is 25.1 Å². The van der Waals surface area contributed by atoms with Gasteiger partial charge < -0.3 is 29.7 Å². The van der Waals surface area contributed by atoms with Crippen molar-refractivity contribution >= 4 is 23.5 Å². The molecule has 1 spiro atoms. The first-order valence-electron chi connectivity index (χ1n) is 13.7. The molecule has 6 rings (SSSR count). The van der Waals surface area contributed by atoms with Crippen molar-refractivity contribution in [3.63, 3.8) is 0 Å². The Labute approximate surface area is 247 Å². The van der Waals surface area contributed by atoms with Crippen molar-refractivity contribution in [3.05, 3.63) is 112 Å². The molecule has 0 atom stereocenters. The number of carbonyl (C=O) groups excluding carboxylic acids is 2. The van der Waals surface area contributed by atoms with Crippen LogP contribution >= 0.6 is 11.6 Å². The van der Waals surface area contributed by atoms with Crippen LogP contribution in [0.25, 0.3) is 0 Å². The highest BCUT2D eigenvalue weighted by molar-refractivity contribution is 6.18. The van der Waals surface area contributed by atoms with Crippen molar-refractivity contribution < 1.29 is 34.0 Å². The Morgan fingerprint density at radius 1 is 0.905 bits per heavy atom. The topological polar surface area (TPSA) is 114 Å². The van der Waals surface area contributed by atoms with E-state index in [0.29, 0.717) is 53.3 Å². The standard InChI is InChI=1S/C33H28ClNO7/c1-2-40-28-15-19(11-13-34)3-4-20(28)12-14-35-31(38)21-5-8-24-27(16-21)33(42-32(24)39)25-9-6-22(36)17-29(25)41-30-18-23(37)7-10-26(30)33/h3-10,15-18,36-37H,2,11-14H2,1H3,(H,35,38). The third-order valence-electron chi connectivity index (χ3n) is 7.53. The number of phenols is 2. The molecule has 2 heterocycles. The number of esters is 1. The van der Waals surface area contributed by atoms with Gasteiger partial charge >= 0.3 is 5.97 Å².